The molecule has 1 aliphatic rings. The standard InChI is InChI=1S/C22H30N4O5/c1-5-15(2)23-21(27)14-25-8-10-26(11-9-25)22(28)18-13-20(31-24-18)17-12-16(29-3)6-7-19(17)30-4/h6-7,12-13,15H,5,8-11,14H2,1-4H3,(H,23,27). The average Bonchev–Trinajstić information content (AvgIpc) is 3.28. The Labute approximate surface area is 182 Å². The minimum absolute atomic E-state index is 0.0162. The van der Waals surface area contributed by atoms with Crippen LogP contribution in [0.15, 0.2) is 28.8 Å². The summed E-state index contributed by atoms with van der Waals surface area (Å²) in [5.74, 6) is 1.50. The van der Waals surface area contributed by atoms with Crippen molar-refractivity contribution in [2.75, 3.05) is 46.9 Å². The monoisotopic (exact) mass is 430 g/mol. The van der Waals surface area contributed by atoms with Crippen LogP contribution in [0.4, 0.5) is 0 Å². The molecule has 0 saturated carbocycles. The lowest BCUT2D eigenvalue weighted by Gasteiger charge is -2.34. The number of carbonyl (C=O) groups excluding carboxylic acids is 2. The van der Waals surface area contributed by atoms with Crippen molar-refractivity contribution < 1.29 is 23.6 Å². The first kappa shape index (κ1) is 22.6. The Morgan fingerprint density at radius 3 is 2.55 bits per heavy atom. The predicted octanol–water partition coefficient (Wildman–Crippen LogP) is 2.03. The van der Waals surface area contributed by atoms with Crippen LogP contribution in [0.25, 0.3) is 11.3 Å². The molecule has 3 rings (SSSR count). The van der Waals surface area contributed by atoms with Gasteiger partial charge < -0.3 is 24.2 Å². The first-order chi connectivity index (χ1) is 14.9. The maximum Gasteiger partial charge on any atom is 0.276 e. The summed E-state index contributed by atoms with van der Waals surface area (Å²) >= 11 is 0. The van der Waals surface area contributed by atoms with Crippen LogP contribution in [0.2, 0.25) is 0 Å². The van der Waals surface area contributed by atoms with Gasteiger partial charge in [-0.3, -0.25) is 14.5 Å². The van der Waals surface area contributed by atoms with E-state index < -0.39 is 0 Å². The number of carbonyl (C=O) groups is 2. The van der Waals surface area contributed by atoms with E-state index >= 15 is 0 Å². The molecule has 2 aromatic rings. The lowest BCUT2D eigenvalue weighted by atomic mass is 10.1. The van der Waals surface area contributed by atoms with Crippen molar-refractivity contribution in [3.8, 4) is 22.8 Å². The fourth-order valence-corrected chi connectivity index (χ4v) is 3.41. The van der Waals surface area contributed by atoms with Crippen LogP contribution in [0.3, 0.4) is 0 Å². The summed E-state index contributed by atoms with van der Waals surface area (Å²) in [7, 11) is 3.14. The molecule has 2 heterocycles. The molecule has 9 heteroatoms. The van der Waals surface area contributed by atoms with Crippen molar-refractivity contribution in [1.29, 1.82) is 0 Å². The molecular formula is C22H30N4O5. The largest absolute Gasteiger partial charge is 0.497 e. The summed E-state index contributed by atoms with van der Waals surface area (Å²) in [5, 5.41) is 6.94. The van der Waals surface area contributed by atoms with Gasteiger partial charge >= 0.3 is 0 Å². The Morgan fingerprint density at radius 1 is 1.16 bits per heavy atom. The van der Waals surface area contributed by atoms with E-state index in [9.17, 15) is 9.59 Å². The summed E-state index contributed by atoms with van der Waals surface area (Å²) in [6.07, 6.45) is 0.898. The lowest BCUT2D eigenvalue weighted by Crippen LogP contribution is -2.51. The molecule has 1 N–H and O–H groups in total. The van der Waals surface area contributed by atoms with E-state index in [1.807, 2.05) is 13.8 Å². The van der Waals surface area contributed by atoms with Gasteiger partial charge in [0.25, 0.3) is 5.91 Å². The molecule has 1 unspecified atom stereocenters. The molecule has 0 radical (unpaired) electrons. The van der Waals surface area contributed by atoms with Crippen molar-refractivity contribution in [3.05, 3.63) is 30.0 Å². The highest BCUT2D eigenvalue weighted by atomic mass is 16.5. The van der Waals surface area contributed by atoms with Crippen molar-refractivity contribution >= 4 is 11.8 Å². The number of benzene rings is 1. The Balaban J connectivity index is 1.60. The van der Waals surface area contributed by atoms with Crippen molar-refractivity contribution in [1.82, 2.24) is 20.3 Å². The van der Waals surface area contributed by atoms with E-state index in [-0.39, 0.29) is 23.6 Å². The topological polar surface area (TPSA) is 97.1 Å². The second-order valence-electron chi connectivity index (χ2n) is 7.59. The molecule has 1 aliphatic heterocycles. The van der Waals surface area contributed by atoms with Crippen LogP contribution in [0.1, 0.15) is 30.8 Å². The van der Waals surface area contributed by atoms with Gasteiger partial charge in [0.15, 0.2) is 11.5 Å². The number of methoxy groups -OCH3 is 2. The highest BCUT2D eigenvalue weighted by Crippen LogP contribution is 2.33. The van der Waals surface area contributed by atoms with Crippen LogP contribution in [-0.2, 0) is 4.79 Å². The quantitative estimate of drug-likeness (QED) is 0.684. The molecule has 31 heavy (non-hydrogen) atoms. The van der Waals surface area contributed by atoms with Crippen LogP contribution < -0.4 is 14.8 Å². The molecular weight excluding hydrogens is 400 g/mol. The SMILES string of the molecule is CCC(C)NC(=O)CN1CCN(C(=O)c2cc(-c3cc(OC)ccc3OC)on2)CC1. The van der Waals surface area contributed by atoms with Gasteiger partial charge in [-0.05, 0) is 31.5 Å². The van der Waals surface area contributed by atoms with Crippen LogP contribution in [0.5, 0.6) is 11.5 Å². The molecule has 168 valence electrons. The zero-order chi connectivity index (χ0) is 22.4. The maximum atomic E-state index is 12.9. The highest BCUT2D eigenvalue weighted by molar-refractivity contribution is 5.93. The van der Waals surface area contributed by atoms with Crippen LogP contribution in [-0.4, -0.2) is 79.8 Å². The van der Waals surface area contributed by atoms with Gasteiger partial charge in [-0.2, -0.15) is 0 Å². The number of nitrogens with one attached hydrogen (secondary N) is 1. The van der Waals surface area contributed by atoms with E-state index in [0.29, 0.717) is 55.5 Å². The normalized spacial score (nSPS) is 15.4. The highest BCUT2D eigenvalue weighted by Gasteiger charge is 2.26. The van der Waals surface area contributed by atoms with Gasteiger partial charge in [0, 0.05) is 38.3 Å². The second-order valence-corrected chi connectivity index (χ2v) is 7.59. The van der Waals surface area contributed by atoms with E-state index in [0.717, 1.165) is 6.42 Å². The molecule has 1 aromatic carbocycles. The number of hydrogen-bond donors (Lipinski definition) is 1. The Bertz CT molecular complexity index is 905. The molecule has 2 amide bonds. The first-order valence-corrected chi connectivity index (χ1v) is 10.4. The number of aromatic nitrogens is 1. The molecule has 1 saturated heterocycles. The summed E-state index contributed by atoms with van der Waals surface area (Å²) in [5.41, 5.74) is 0.897. The first-order valence-electron chi connectivity index (χ1n) is 10.4. The zero-order valence-electron chi connectivity index (χ0n) is 18.5. The number of hydrogen-bond acceptors (Lipinski definition) is 7. The third kappa shape index (κ3) is 5.55. The lowest BCUT2D eigenvalue weighted by molar-refractivity contribution is -0.123. The number of nitrogens with zero attached hydrogens (tertiary/aromatic N) is 3. The van der Waals surface area contributed by atoms with Gasteiger partial charge in [0.1, 0.15) is 11.5 Å². The molecule has 1 fully saturated rings. The maximum absolute atomic E-state index is 12.9. The molecule has 0 aliphatic carbocycles. The molecule has 1 atom stereocenters. The zero-order valence-corrected chi connectivity index (χ0v) is 18.5. The van der Waals surface area contributed by atoms with Gasteiger partial charge in [-0.1, -0.05) is 12.1 Å². The number of piperazine rings is 1. The molecule has 1 aromatic heterocycles. The van der Waals surface area contributed by atoms with Crippen LogP contribution in [0, 0.1) is 0 Å². The fraction of sp³-hybridized carbons (Fsp3) is 0.500. The van der Waals surface area contributed by atoms with E-state index in [4.69, 9.17) is 14.0 Å². The summed E-state index contributed by atoms with van der Waals surface area (Å²) in [6.45, 7) is 6.69. The van der Waals surface area contributed by atoms with Gasteiger partial charge in [-0.15, -0.1) is 0 Å². The Kier molecular flexibility index (Phi) is 7.51. The number of rotatable bonds is 8. The summed E-state index contributed by atoms with van der Waals surface area (Å²) in [6, 6.07) is 7.12. The minimum Gasteiger partial charge on any atom is -0.497 e. The smallest absolute Gasteiger partial charge is 0.276 e. The average molecular weight is 431 g/mol. The fourth-order valence-electron chi connectivity index (χ4n) is 3.41. The van der Waals surface area contributed by atoms with Gasteiger partial charge in [0.2, 0.25) is 5.91 Å². The third-order valence-corrected chi connectivity index (χ3v) is 5.45. The Hall–Kier alpha value is -3.07. The second kappa shape index (κ2) is 10.3. The van der Waals surface area contributed by atoms with E-state index in [1.165, 1.54) is 0 Å². The summed E-state index contributed by atoms with van der Waals surface area (Å²) < 4.78 is 16.1. The third-order valence-electron chi connectivity index (χ3n) is 5.45. The number of ether oxygens (including phenoxy) is 2. The van der Waals surface area contributed by atoms with Gasteiger partial charge in [0.05, 0.1) is 26.3 Å². The van der Waals surface area contributed by atoms with Gasteiger partial charge in [-0.25, -0.2) is 0 Å². The predicted molar refractivity (Wildman–Crippen MR) is 115 cm³/mol. The summed E-state index contributed by atoms with van der Waals surface area (Å²) in [4.78, 5) is 28.7. The Morgan fingerprint density at radius 2 is 1.90 bits per heavy atom. The molecule has 0 spiro atoms. The minimum atomic E-state index is -0.194. The van der Waals surface area contributed by atoms with E-state index in [2.05, 4.69) is 15.4 Å². The van der Waals surface area contributed by atoms with Crippen molar-refractivity contribution in [3.63, 3.8) is 0 Å². The van der Waals surface area contributed by atoms with Crippen LogP contribution >= 0.6 is 0 Å². The number of amides is 2. The van der Waals surface area contributed by atoms with Crippen molar-refractivity contribution in [2.45, 2.75) is 26.3 Å². The molecule has 0 bridgehead atoms. The van der Waals surface area contributed by atoms with E-state index in [1.54, 1.807) is 43.4 Å². The van der Waals surface area contributed by atoms with Crippen molar-refractivity contribution in [2.24, 2.45) is 0 Å². The molecule has 9 nitrogen and oxygen atoms in total.